The molecule has 7 aromatic carbocycles. The van der Waals surface area contributed by atoms with Crippen molar-refractivity contribution in [3.63, 3.8) is 0 Å². The Balaban J connectivity index is 1.05. The highest BCUT2D eigenvalue weighted by Gasteiger charge is 2.36. The Morgan fingerprint density at radius 3 is 1.77 bits per heavy atom. The van der Waals surface area contributed by atoms with Crippen LogP contribution in [0.4, 0.5) is 17.1 Å². The van der Waals surface area contributed by atoms with Crippen molar-refractivity contribution in [3.8, 4) is 44.8 Å². The maximum atomic E-state index is 6.91. The summed E-state index contributed by atoms with van der Waals surface area (Å²) in [4.78, 5) is 2.39. The van der Waals surface area contributed by atoms with Gasteiger partial charge >= 0.3 is 0 Å². The first kappa shape index (κ1) is 33.5. The molecule has 0 saturated carbocycles. The monoisotopic (exact) mass is 734 g/mol. The normalized spacial score (nSPS) is 16.5. The molecule has 3 heteroatoms. The number of allylic oxidation sites excluding steroid dienone is 2. The van der Waals surface area contributed by atoms with Gasteiger partial charge in [0.05, 0.1) is 11.2 Å². The zero-order valence-electron chi connectivity index (χ0n) is 31.8. The first-order valence-electron chi connectivity index (χ1n) is 20.3. The Hall–Kier alpha value is -6.84. The fourth-order valence-corrected chi connectivity index (χ4v) is 9.35. The molecule has 2 atom stereocenters. The van der Waals surface area contributed by atoms with E-state index in [1.807, 2.05) is 0 Å². The van der Waals surface area contributed by atoms with Gasteiger partial charge < -0.3 is 14.2 Å². The van der Waals surface area contributed by atoms with E-state index in [4.69, 9.17) is 4.74 Å². The van der Waals surface area contributed by atoms with Crippen LogP contribution in [0.1, 0.15) is 35.6 Å². The average Bonchev–Trinajstić information content (AvgIpc) is 3.84. The van der Waals surface area contributed by atoms with E-state index in [0.717, 1.165) is 35.7 Å². The van der Waals surface area contributed by atoms with Crippen LogP contribution < -0.4 is 9.64 Å². The van der Waals surface area contributed by atoms with Crippen LogP contribution in [0.2, 0.25) is 0 Å². The second-order valence-electron chi connectivity index (χ2n) is 15.5. The van der Waals surface area contributed by atoms with E-state index in [2.05, 4.69) is 204 Å². The summed E-state index contributed by atoms with van der Waals surface area (Å²) in [6, 6.07) is 62.0. The van der Waals surface area contributed by atoms with Crippen molar-refractivity contribution in [1.29, 1.82) is 0 Å². The molecule has 57 heavy (non-hydrogen) atoms. The second-order valence-corrected chi connectivity index (χ2v) is 15.5. The highest BCUT2D eigenvalue weighted by atomic mass is 16.5. The number of hydrogen-bond donors (Lipinski definition) is 0. The fraction of sp³-hybridized carbons (Fsp3) is 0.111. The van der Waals surface area contributed by atoms with Crippen LogP contribution in [-0.2, 0) is 12.8 Å². The lowest BCUT2D eigenvalue weighted by atomic mass is 9.89. The Morgan fingerprint density at radius 1 is 0.509 bits per heavy atom. The van der Waals surface area contributed by atoms with Gasteiger partial charge in [-0.05, 0) is 125 Å². The molecule has 0 bridgehead atoms. The Bertz CT molecular complexity index is 2790. The zero-order valence-corrected chi connectivity index (χ0v) is 31.8. The summed E-state index contributed by atoms with van der Waals surface area (Å²) >= 11 is 0. The molecule has 1 aliphatic heterocycles. The lowest BCUT2D eigenvalue weighted by Gasteiger charge is -2.28. The molecule has 0 N–H and O–H groups in total. The summed E-state index contributed by atoms with van der Waals surface area (Å²) in [5.41, 5.74) is 17.1. The van der Waals surface area contributed by atoms with Gasteiger partial charge in [-0.2, -0.15) is 0 Å². The molecule has 0 amide bonds. The van der Waals surface area contributed by atoms with Crippen molar-refractivity contribution in [2.45, 2.75) is 37.7 Å². The molecule has 2 unspecified atom stereocenters. The van der Waals surface area contributed by atoms with Gasteiger partial charge in [-0.15, -0.1) is 0 Å². The number of benzene rings is 7. The van der Waals surface area contributed by atoms with E-state index >= 15 is 0 Å². The van der Waals surface area contributed by atoms with Crippen LogP contribution in [0.5, 0.6) is 5.75 Å². The molecule has 1 aromatic heterocycles. The number of para-hydroxylation sites is 1. The quantitative estimate of drug-likeness (QED) is 0.162. The van der Waals surface area contributed by atoms with Crippen molar-refractivity contribution < 1.29 is 4.74 Å². The molecule has 0 saturated heterocycles. The van der Waals surface area contributed by atoms with Crippen LogP contribution in [-0.4, -0.2) is 10.7 Å². The molecule has 2 aliphatic carbocycles. The van der Waals surface area contributed by atoms with E-state index in [0.29, 0.717) is 0 Å². The number of hydrogen-bond acceptors (Lipinski definition) is 2. The number of rotatable bonds is 7. The zero-order chi connectivity index (χ0) is 37.7. The number of fused-ring (bicyclic) bond motifs is 6. The third-order valence-electron chi connectivity index (χ3n) is 12.1. The van der Waals surface area contributed by atoms with Gasteiger partial charge in [-0.25, -0.2) is 0 Å². The minimum atomic E-state index is -0.0339. The topological polar surface area (TPSA) is 17.4 Å². The van der Waals surface area contributed by atoms with E-state index in [9.17, 15) is 0 Å². The summed E-state index contributed by atoms with van der Waals surface area (Å²) in [7, 11) is 0. The van der Waals surface area contributed by atoms with Crippen molar-refractivity contribution in [2.24, 2.45) is 0 Å². The van der Waals surface area contributed by atoms with Gasteiger partial charge in [-0.3, -0.25) is 0 Å². The predicted octanol–water partition coefficient (Wildman–Crippen LogP) is 14.0. The molecule has 11 rings (SSSR count). The van der Waals surface area contributed by atoms with E-state index < -0.39 is 0 Å². The summed E-state index contributed by atoms with van der Waals surface area (Å²) in [6.45, 7) is 0. The number of nitrogens with zero attached hydrogens (tertiary/aromatic N) is 2. The Kier molecular flexibility index (Phi) is 8.24. The molecule has 3 nitrogen and oxygen atoms in total. The third-order valence-corrected chi connectivity index (χ3v) is 12.1. The fourth-order valence-electron chi connectivity index (χ4n) is 9.35. The van der Waals surface area contributed by atoms with Crippen LogP contribution >= 0.6 is 0 Å². The lowest BCUT2D eigenvalue weighted by molar-refractivity contribution is 0.269. The molecule has 0 spiro atoms. The number of anilines is 3. The van der Waals surface area contributed by atoms with Crippen molar-refractivity contribution in [1.82, 2.24) is 4.57 Å². The second kappa shape index (κ2) is 14.0. The van der Waals surface area contributed by atoms with E-state index in [-0.39, 0.29) is 12.0 Å². The Morgan fingerprint density at radius 2 is 1.07 bits per heavy atom. The lowest BCUT2D eigenvalue weighted by Crippen LogP contribution is -2.16. The van der Waals surface area contributed by atoms with E-state index in [1.165, 1.54) is 79.6 Å². The molecule has 0 radical (unpaired) electrons. The van der Waals surface area contributed by atoms with Gasteiger partial charge in [0.2, 0.25) is 0 Å². The molecule has 3 aliphatic rings. The molecule has 274 valence electrons. The van der Waals surface area contributed by atoms with Crippen LogP contribution in [0.25, 0.3) is 50.0 Å². The van der Waals surface area contributed by atoms with Crippen molar-refractivity contribution in [3.05, 3.63) is 211 Å². The highest BCUT2D eigenvalue weighted by Crippen LogP contribution is 2.52. The van der Waals surface area contributed by atoms with Crippen LogP contribution in [0.3, 0.4) is 0 Å². The first-order valence-corrected chi connectivity index (χ1v) is 20.3. The molecule has 8 aromatic rings. The molecule has 2 heterocycles. The van der Waals surface area contributed by atoms with Gasteiger partial charge in [-0.1, -0.05) is 133 Å². The molecule has 0 fully saturated rings. The highest BCUT2D eigenvalue weighted by molar-refractivity contribution is 5.89. The summed E-state index contributed by atoms with van der Waals surface area (Å²) < 4.78 is 9.42. The third kappa shape index (κ3) is 5.90. The van der Waals surface area contributed by atoms with Gasteiger partial charge in [0.15, 0.2) is 0 Å². The van der Waals surface area contributed by atoms with Crippen LogP contribution in [0.15, 0.2) is 194 Å². The number of ether oxygens (including phenoxy) is 1. The minimum absolute atomic E-state index is 0.0339. The predicted molar refractivity (Wildman–Crippen MR) is 236 cm³/mol. The largest absolute Gasteiger partial charge is 0.483 e. The standard InChI is InChI=1S/C54H42N2O/c1-3-13-37(14-4-1)39-23-25-40(26-24-39)41-27-29-43(30-28-41)55(44-31-33-45(34-32-44)56-50-20-10-7-17-46(50)47-18-8-11-21-51(47)56)52-36-42(38-15-5-2-6-16-38)35-49-48-19-9-12-22-53(48)57-54(49)52/h1-7,9-10,12-17,19-20,22-36,48,53H,8,11,18,21H2. The van der Waals surface area contributed by atoms with Crippen LogP contribution in [0, 0.1) is 0 Å². The Labute approximate surface area is 334 Å². The molecular weight excluding hydrogens is 693 g/mol. The summed E-state index contributed by atoms with van der Waals surface area (Å²) in [5, 5.41) is 1.39. The minimum Gasteiger partial charge on any atom is -0.483 e. The molecular formula is C54H42N2O. The number of aromatic nitrogens is 1. The maximum absolute atomic E-state index is 6.91. The summed E-state index contributed by atoms with van der Waals surface area (Å²) in [5.74, 6) is 1.10. The van der Waals surface area contributed by atoms with Gasteiger partial charge in [0.25, 0.3) is 0 Å². The average molecular weight is 735 g/mol. The smallest absolute Gasteiger partial charge is 0.148 e. The van der Waals surface area contributed by atoms with Gasteiger partial charge in [0.1, 0.15) is 11.9 Å². The first-order chi connectivity index (χ1) is 28.3. The van der Waals surface area contributed by atoms with Crippen molar-refractivity contribution in [2.75, 3.05) is 4.90 Å². The van der Waals surface area contributed by atoms with Gasteiger partial charge in [0, 0.05) is 39.6 Å². The summed E-state index contributed by atoms with van der Waals surface area (Å²) in [6.07, 6.45) is 13.5. The van der Waals surface area contributed by atoms with E-state index in [1.54, 1.807) is 0 Å². The van der Waals surface area contributed by atoms with Crippen molar-refractivity contribution >= 4 is 28.0 Å². The SMILES string of the molecule is C1=CC2Oc3c(cc(-c4ccccc4)cc3N(c3ccc(-c4ccc(-c5ccccc5)cc4)cc3)c3ccc(-n4c5c(c6ccccc64)CCCC5)cc3)C2C=C1. The maximum Gasteiger partial charge on any atom is 0.148 e. The number of aryl methyl sites for hydroxylation is 1.